The molecule has 18 heavy (non-hydrogen) atoms. The molecule has 2 saturated heterocycles. The van der Waals surface area contributed by atoms with Crippen LogP contribution in [0.3, 0.4) is 0 Å². The van der Waals surface area contributed by atoms with Crippen LogP contribution in [0.4, 0.5) is 0 Å². The second-order valence-electron chi connectivity index (χ2n) is 7.57. The van der Waals surface area contributed by atoms with Gasteiger partial charge in [-0.3, -0.25) is 14.7 Å². The zero-order valence-corrected chi connectivity index (χ0v) is 12.9. The van der Waals surface area contributed by atoms with Crippen molar-refractivity contribution in [3.63, 3.8) is 0 Å². The lowest BCUT2D eigenvalue weighted by Gasteiger charge is -2.50. The van der Waals surface area contributed by atoms with E-state index in [1.807, 2.05) is 0 Å². The Morgan fingerprint density at radius 2 is 1.56 bits per heavy atom. The highest BCUT2D eigenvalue weighted by molar-refractivity contribution is 4.91. The number of hydrogen-bond donors (Lipinski definition) is 0. The maximum Gasteiger partial charge on any atom is 0.0351 e. The van der Waals surface area contributed by atoms with Crippen LogP contribution in [0.1, 0.15) is 34.6 Å². The van der Waals surface area contributed by atoms with E-state index in [4.69, 9.17) is 0 Å². The van der Waals surface area contributed by atoms with Crippen molar-refractivity contribution in [1.29, 1.82) is 0 Å². The summed E-state index contributed by atoms with van der Waals surface area (Å²) < 4.78 is 0. The molecule has 0 bridgehead atoms. The van der Waals surface area contributed by atoms with E-state index in [1.54, 1.807) is 0 Å². The van der Waals surface area contributed by atoms with Crippen molar-refractivity contribution in [3.8, 4) is 0 Å². The average Bonchev–Trinajstić information content (AvgIpc) is 2.22. The molecule has 0 radical (unpaired) electrons. The molecule has 0 aliphatic carbocycles. The smallest absolute Gasteiger partial charge is 0.0351 e. The van der Waals surface area contributed by atoms with Gasteiger partial charge in [0.05, 0.1) is 0 Å². The van der Waals surface area contributed by atoms with E-state index in [1.165, 1.54) is 45.8 Å². The first-order chi connectivity index (χ1) is 8.35. The van der Waals surface area contributed by atoms with Crippen LogP contribution in [-0.4, -0.2) is 72.6 Å². The SMILES string of the molecule is CC(C)N1CCN(C2CN(CC(C)(C)C)C2)CC1. The normalized spacial score (nSPS) is 25.7. The molecule has 2 heterocycles. The molecule has 2 rings (SSSR count). The van der Waals surface area contributed by atoms with E-state index < -0.39 is 0 Å². The van der Waals surface area contributed by atoms with Gasteiger partial charge in [-0.15, -0.1) is 0 Å². The first-order valence-electron chi connectivity index (χ1n) is 7.55. The summed E-state index contributed by atoms with van der Waals surface area (Å²) in [6, 6.07) is 1.55. The van der Waals surface area contributed by atoms with E-state index in [9.17, 15) is 0 Å². The second kappa shape index (κ2) is 5.48. The van der Waals surface area contributed by atoms with Crippen LogP contribution in [-0.2, 0) is 0 Å². The summed E-state index contributed by atoms with van der Waals surface area (Å²) in [5.74, 6) is 0. The third-order valence-electron chi connectivity index (χ3n) is 4.23. The van der Waals surface area contributed by atoms with Crippen LogP contribution in [0.15, 0.2) is 0 Å². The summed E-state index contributed by atoms with van der Waals surface area (Å²) in [5, 5.41) is 0. The predicted octanol–water partition coefficient (Wildman–Crippen LogP) is 1.74. The average molecular weight is 253 g/mol. The Kier molecular flexibility index (Phi) is 4.35. The zero-order chi connectivity index (χ0) is 13.3. The molecule has 3 nitrogen and oxygen atoms in total. The maximum absolute atomic E-state index is 2.71. The van der Waals surface area contributed by atoms with Crippen molar-refractivity contribution in [2.75, 3.05) is 45.8 Å². The third kappa shape index (κ3) is 3.69. The number of rotatable bonds is 3. The van der Waals surface area contributed by atoms with E-state index in [-0.39, 0.29) is 0 Å². The largest absolute Gasteiger partial charge is 0.300 e. The fourth-order valence-electron chi connectivity index (χ4n) is 3.19. The molecule has 0 atom stereocenters. The topological polar surface area (TPSA) is 9.72 Å². The Bertz CT molecular complexity index is 255. The van der Waals surface area contributed by atoms with Crippen molar-refractivity contribution in [2.45, 2.75) is 46.7 Å². The van der Waals surface area contributed by atoms with Gasteiger partial charge in [-0.1, -0.05) is 20.8 Å². The molecule has 0 amide bonds. The molecule has 0 aromatic heterocycles. The minimum atomic E-state index is 0.446. The van der Waals surface area contributed by atoms with Gasteiger partial charge in [0.15, 0.2) is 0 Å². The second-order valence-corrected chi connectivity index (χ2v) is 7.57. The van der Waals surface area contributed by atoms with Crippen molar-refractivity contribution in [3.05, 3.63) is 0 Å². The molecule has 2 fully saturated rings. The predicted molar refractivity (Wildman–Crippen MR) is 78.0 cm³/mol. The highest BCUT2D eigenvalue weighted by atomic mass is 15.4. The highest BCUT2D eigenvalue weighted by Gasteiger charge is 2.35. The van der Waals surface area contributed by atoms with Gasteiger partial charge in [0, 0.05) is 57.9 Å². The molecule has 0 N–H and O–H groups in total. The monoisotopic (exact) mass is 253 g/mol. The van der Waals surface area contributed by atoms with Crippen LogP contribution in [0.5, 0.6) is 0 Å². The fraction of sp³-hybridized carbons (Fsp3) is 1.00. The number of piperazine rings is 1. The third-order valence-corrected chi connectivity index (χ3v) is 4.23. The van der Waals surface area contributed by atoms with Gasteiger partial charge in [-0.25, -0.2) is 0 Å². The molecule has 0 unspecified atom stereocenters. The number of nitrogens with zero attached hydrogens (tertiary/aromatic N) is 3. The number of hydrogen-bond acceptors (Lipinski definition) is 3. The summed E-state index contributed by atoms with van der Waals surface area (Å²) in [7, 11) is 0. The van der Waals surface area contributed by atoms with E-state index in [0.717, 1.165) is 6.04 Å². The molecule has 3 heteroatoms. The van der Waals surface area contributed by atoms with Crippen LogP contribution in [0, 0.1) is 5.41 Å². The summed E-state index contributed by atoms with van der Waals surface area (Å²) in [6.07, 6.45) is 0. The van der Waals surface area contributed by atoms with E-state index in [0.29, 0.717) is 11.5 Å². The summed E-state index contributed by atoms with van der Waals surface area (Å²) >= 11 is 0. The van der Waals surface area contributed by atoms with E-state index in [2.05, 4.69) is 49.3 Å². The molecule has 106 valence electrons. The molecular weight excluding hydrogens is 222 g/mol. The van der Waals surface area contributed by atoms with Gasteiger partial charge in [0.25, 0.3) is 0 Å². The molecule has 0 aromatic rings. The fourth-order valence-corrected chi connectivity index (χ4v) is 3.19. The van der Waals surface area contributed by atoms with Crippen molar-refractivity contribution < 1.29 is 0 Å². The standard InChI is InChI=1S/C15H31N3/c1-13(2)17-6-8-18(9-7-17)14-10-16(11-14)12-15(3,4)5/h13-14H,6-12H2,1-5H3. The first-order valence-corrected chi connectivity index (χ1v) is 7.55. The molecule has 2 aliphatic rings. The quantitative estimate of drug-likeness (QED) is 0.758. The van der Waals surface area contributed by atoms with Crippen LogP contribution < -0.4 is 0 Å². The van der Waals surface area contributed by atoms with Gasteiger partial charge >= 0.3 is 0 Å². The highest BCUT2D eigenvalue weighted by Crippen LogP contribution is 2.23. The van der Waals surface area contributed by atoms with Crippen molar-refractivity contribution >= 4 is 0 Å². The lowest BCUT2D eigenvalue weighted by atomic mass is 9.93. The minimum absolute atomic E-state index is 0.446. The van der Waals surface area contributed by atoms with Gasteiger partial charge in [0.1, 0.15) is 0 Å². The van der Waals surface area contributed by atoms with Gasteiger partial charge in [0.2, 0.25) is 0 Å². The molecule has 0 saturated carbocycles. The Morgan fingerprint density at radius 3 is 2.00 bits per heavy atom. The van der Waals surface area contributed by atoms with Gasteiger partial charge < -0.3 is 0 Å². The van der Waals surface area contributed by atoms with Gasteiger partial charge in [-0.2, -0.15) is 0 Å². The lowest BCUT2D eigenvalue weighted by Crippen LogP contribution is -2.64. The van der Waals surface area contributed by atoms with Crippen molar-refractivity contribution in [1.82, 2.24) is 14.7 Å². The van der Waals surface area contributed by atoms with E-state index >= 15 is 0 Å². The lowest BCUT2D eigenvalue weighted by molar-refractivity contribution is -0.0128. The maximum atomic E-state index is 2.71. The molecule has 0 aromatic carbocycles. The van der Waals surface area contributed by atoms with Gasteiger partial charge in [-0.05, 0) is 19.3 Å². The summed E-state index contributed by atoms with van der Waals surface area (Å²) in [4.78, 5) is 7.92. The Morgan fingerprint density at radius 1 is 1.00 bits per heavy atom. The molecule has 0 spiro atoms. The Hall–Kier alpha value is -0.120. The summed E-state index contributed by atoms with van der Waals surface area (Å²) in [5.41, 5.74) is 0.446. The first kappa shape index (κ1) is 14.3. The molecular formula is C15H31N3. The number of likely N-dealkylation sites (tertiary alicyclic amines) is 1. The Labute approximate surface area is 113 Å². The zero-order valence-electron chi connectivity index (χ0n) is 12.9. The van der Waals surface area contributed by atoms with Crippen molar-refractivity contribution in [2.24, 2.45) is 5.41 Å². The Balaban J connectivity index is 1.68. The van der Waals surface area contributed by atoms with Crippen LogP contribution in [0.2, 0.25) is 0 Å². The summed E-state index contributed by atoms with van der Waals surface area (Å²) in [6.45, 7) is 20.5. The molecule has 2 aliphatic heterocycles. The van der Waals surface area contributed by atoms with Crippen LogP contribution >= 0.6 is 0 Å². The minimum Gasteiger partial charge on any atom is -0.300 e. The van der Waals surface area contributed by atoms with Crippen LogP contribution in [0.25, 0.3) is 0 Å².